The number of hydrazone groups is 1. The highest BCUT2D eigenvalue weighted by Crippen LogP contribution is 2.20. The fourth-order valence-corrected chi connectivity index (χ4v) is 2.20. The first-order chi connectivity index (χ1) is 9.10. The third-order valence-corrected chi connectivity index (χ3v) is 3.23. The third kappa shape index (κ3) is 3.19. The van der Waals surface area contributed by atoms with Gasteiger partial charge < -0.3 is 0 Å². The molecule has 19 heavy (non-hydrogen) atoms. The van der Waals surface area contributed by atoms with Crippen LogP contribution in [0.25, 0.3) is 0 Å². The van der Waals surface area contributed by atoms with E-state index >= 15 is 0 Å². The van der Waals surface area contributed by atoms with E-state index in [0.717, 1.165) is 23.3 Å². The minimum atomic E-state index is -0.596. The Morgan fingerprint density at radius 3 is 2.68 bits per heavy atom. The summed E-state index contributed by atoms with van der Waals surface area (Å²) in [5, 5.41) is 4.14. The topological polar surface area (TPSA) is 82.3 Å². The van der Waals surface area contributed by atoms with Gasteiger partial charge in [-0.25, -0.2) is 5.43 Å². The maximum absolute atomic E-state index is 11.3. The summed E-state index contributed by atoms with van der Waals surface area (Å²) in [7, 11) is 0. The Kier molecular flexibility index (Phi) is 3.94. The average Bonchev–Trinajstić information content (AvgIpc) is 2.39. The second-order valence-corrected chi connectivity index (χ2v) is 4.64. The molecule has 0 fully saturated rings. The Hall–Kier alpha value is -2.17. The highest BCUT2D eigenvalue weighted by atomic mass is 16.2. The molecule has 1 aliphatic heterocycles. The van der Waals surface area contributed by atoms with Gasteiger partial charge in [-0.15, -0.1) is 0 Å². The van der Waals surface area contributed by atoms with Crippen LogP contribution in [0.2, 0.25) is 0 Å². The van der Waals surface area contributed by atoms with E-state index in [4.69, 9.17) is 5.73 Å². The monoisotopic (exact) mass is 258 g/mol. The number of carbonyl (C=O) groups is 2. The molecule has 0 aliphatic carbocycles. The lowest BCUT2D eigenvalue weighted by Gasteiger charge is -2.21. The quantitative estimate of drug-likeness (QED) is 0.882. The molecule has 2 amide bonds. The van der Waals surface area contributed by atoms with Gasteiger partial charge in [0.25, 0.3) is 0 Å². The van der Waals surface area contributed by atoms with Gasteiger partial charge in [-0.1, -0.05) is 31.2 Å². The van der Waals surface area contributed by atoms with Crippen LogP contribution in [0.1, 0.15) is 30.9 Å². The summed E-state index contributed by atoms with van der Waals surface area (Å²) >= 11 is 0. The number of carbonyl (C=O) groups excluding carboxylic acids is 2. The molecule has 5 nitrogen and oxygen atoms in total. The van der Waals surface area contributed by atoms with Crippen LogP contribution in [0.3, 0.4) is 0 Å². The Morgan fingerprint density at radius 2 is 2.11 bits per heavy atom. The molecule has 0 spiro atoms. The van der Waals surface area contributed by atoms with Crippen molar-refractivity contribution in [3.05, 3.63) is 35.4 Å². The van der Waals surface area contributed by atoms with E-state index in [2.05, 4.69) is 10.5 Å². The Bertz CT molecular complexity index is 520. The minimum absolute atomic E-state index is 0.0491. The van der Waals surface area contributed by atoms with Gasteiger partial charge in [0.2, 0.25) is 11.8 Å². The standard InChI is InChI=1S/C14H16N3O2/c1-2-10-8-13(19)16-17-14(10)11-5-3-9(4-6-11)7-12(15)18/h3-6,10,15H,2,7-8H2,1H3,(H,16,19). The van der Waals surface area contributed by atoms with Gasteiger partial charge in [-0.2, -0.15) is 5.10 Å². The maximum Gasteiger partial charge on any atom is 0.242 e. The lowest BCUT2D eigenvalue weighted by Crippen LogP contribution is -2.33. The zero-order valence-corrected chi connectivity index (χ0v) is 10.8. The van der Waals surface area contributed by atoms with Crippen molar-refractivity contribution in [2.75, 3.05) is 0 Å². The summed E-state index contributed by atoms with van der Waals surface area (Å²) in [5.41, 5.74) is 12.1. The van der Waals surface area contributed by atoms with Crippen molar-refractivity contribution in [1.82, 2.24) is 11.2 Å². The summed E-state index contributed by atoms with van der Waals surface area (Å²) in [4.78, 5) is 22.0. The first-order valence-corrected chi connectivity index (χ1v) is 6.30. The van der Waals surface area contributed by atoms with Gasteiger partial charge in [0, 0.05) is 12.3 Å². The van der Waals surface area contributed by atoms with Crippen molar-refractivity contribution < 1.29 is 9.59 Å². The third-order valence-electron chi connectivity index (χ3n) is 3.23. The van der Waals surface area contributed by atoms with Crippen molar-refractivity contribution in [3.63, 3.8) is 0 Å². The molecule has 0 saturated carbocycles. The lowest BCUT2D eigenvalue weighted by molar-refractivity contribution is -0.122. The normalized spacial score (nSPS) is 18.7. The summed E-state index contributed by atoms with van der Waals surface area (Å²) in [6.45, 7) is 2.03. The molecule has 1 aromatic carbocycles. The van der Waals surface area contributed by atoms with Crippen LogP contribution in [0.15, 0.2) is 29.4 Å². The molecule has 1 aromatic rings. The second-order valence-electron chi connectivity index (χ2n) is 4.64. The van der Waals surface area contributed by atoms with E-state index in [1.165, 1.54) is 0 Å². The molecule has 0 saturated heterocycles. The summed E-state index contributed by atoms with van der Waals surface area (Å²) in [6.07, 6.45) is 1.45. The lowest BCUT2D eigenvalue weighted by atomic mass is 9.90. The number of nitrogens with zero attached hydrogens (tertiary/aromatic N) is 1. The van der Waals surface area contributed by atoms with E-state index in [1.54, 1.807) is 0 Å². The smallest absolute Gasteiger partial charge is 0.242 e. The molecule has 2 N–H and O–H groups in total. The molecular weight excluding hydrogens is 242 g/mol. The molecule has 0 aromatic heterocycles. The van der Waals surface area contributed by atoms with Crippen LogP contribution in [0, 0.1) is 5.92 Å². The van der Waals surface area contributed by atoms with Crippen LogP contribution in [0.5, 0.6) is 0 Å². The summed E-state index contributed by atoms with van der Waals surface area (Å²) < 4.78 is 0. The fraction of sp³-hybridized carbons (Fsp3) is 0.357. The Morgan fingerprint density at radius 1 is 1.42 bits per heavy atom. The number of hydrogen-bond donors (Lipinski definition) is 1. The molecule has 99 valence electrons. The summed E-state index contributed by atoms with van der Waals surface area (Å²) in [5.74, 6) is -0.508. The van der Waals surface area contributed by atoms with Crippen molar-refractivity contribution in [1.29, 1.82) is 0 Å². The summed E-state index contributed by atoms with van der Waals surface area (Å²) in [6, 6.07) is 7.43. The molecule has 1 aliphatic rings. The van der Waals surface area contributed by atoms with Gasteiger partial charge in [-0.05, 0) is 17.5 Å². The van der Waals surface area contributed by atoms with Crippen LogP contribution in [-0.4, -0.2) is 17.5 Å². The number of nitrogens with one attached hydrogen (secondary N) is 2. The first kappa shape index (κ1) is 13.3. The van der Waals surface area contributed by atoms with E-state index in [9.17, 15) is 9.59 Å². The first-order valence-electron chi connectivity index (χ1n) is 6.30. The predicted octanol–water partition coefficient (Wildman–Crippen LogP) is 1.29. The number of rotatable bonds is 4. The zero-order chi connectivity index (χ0) is 13.8. The van der Waals surface area contributed by atoms with Gasteiger partial charge in [-0.3, -0.25) is 15.3 Å². The largest absolute Gasteiger partial charge is 0.273 e. The molecule has 2 rings (SSSR count). The van der Waals surface area contributed by atoms with Gasteiger partial charge in [0.15, 0.2) is 0 Å². The highest BCUT2D eigenvalue weighted by Gasteiger charge is 2.23. The molecule has 5 heteroatoms. The SMILES string of the molecule is CCC1CC(=O)NN=C1c1ccc(CC([NH])=O)cc1. The number of benzene rings is 1. The van der Waals surface area contributed by atoms with Crippen LogP contribution < -0.4 is 11.2 Å². The van der Waals surface area contributed by atoms with Crippen LogP contribution in [-0.2, 0) is 16.0 Å². The highest BCUT2D eigenvalue weighted by molar-refractivity contribution is 6.05. The van der Waals surface area contributed by atoms with E-state index in [1.807, 2.05) is 31.2 Å². The van der Waals surface area contributed by atoms with Crippen LogP contribution >= 0.6 is 0 Å². The van der Waals surface area contributed by atoms with Crippen molar-refractivity contribution in [3.8, 4) is 0 Å². The molecular formula is C14H16N3O2. The molecule has 1 atom stereocenters. The molecule has 1 unspecified atom stereocenters. The van der Waals surface area contributed by atoms with E-state index in [-0.39, 0.29) is 18.2 Å². The minimum Gasteiger partial charge on any atom is -0.273 e. The van der Waals surface area contributed by atoms with E-state index < -0.39 is 5.91 Å². The van der Waals surface area contributed by atoms with E-state index in [0.29, 0.717) is 6.42 Å². The maximum atomic E-state index is 11.3. The fourth-order valence-electron chi connectivity index (χ4n) is 2.20. The molecule has 1 radical (unpaired) electrons. The van der Waals surface area contributed by atoms with Gasteiger partial charge in [0.1, 0.15) is 0 Å². The average molecular weight is 258 g/mol. The van der Waals surface area contributed by atoms with Crippen LogP contribution in [0.4, 0.5) is 0 Å². The Labute approximate surface area is 111 Å². The second kappa shape index (κ2) is 5.65. The predicted molar refractivity (Wildman–Crippen MR) is 71.3 cm³/mol. The van der Waals surface area contributed by atoms with Crippen molar-refractivity contribution in [2.24, 2.45) is 11.0 Å². The number of amides is 2. The number of hydrogen-bond acceptors (Lipinski definition) is 3. The van der Waals surface area contributed by atoms with Gasteiger partial charge in [0.05, 0.1) is 12.1 Å². The Balaban J connectivity index is 2.21. The molecule has 1 heterocycles. The van der Waals surface area contributed by atoms with Crippen molar-refractivity contribution in [2.45, 2.75) is 26.2 Å². The molecule has 0 bridgehead atoms. The zero-order valence-electron chi connectivity index (χ0n) is 10.8. The van der Waals surface area contributed by atoms with Gasteiger partial charge >= 0.3 is 0 Å². The van der Waals surface area contributed by atoms with Crippen molar-refractivity contribution >= 4 is 17.5 Å².